The van der Waals surface area contributed by atoms with E-state index >= 15 is 0 Å². The smallest absolute Gasteiger partial charge is 0.0669 e. The van der Waals surface area contributed by atoms with Crippen molar-refractivity contribution in [3.63, 3.8) is 0 Å². The van der Waals surface area contributed by atoms with Crippen molar-refractivity contribution in [3.8, 4) is 6.07 Å². The van der Waals surface area contributed by atoms with Gasteiger partial charge < -0.3 is 0 Å². The molecular formula is C16H11Cl2N. The molecule has 0 aliphatic heterocycles. The van der Waals surface area contributed by atoms with Gasteiger partial charge in [-0.3, -0.25) is 0 Å². The Balaban J connectivity index is 2.16. The SMILES string of the molecule is N#CC1CC1(c1ccccc1)c1cc(Cl)cc(Cl)c1. The summed E-state index contributed by atoms with van der Waals surface area (Å²) in [7, 11) is 0. The number of rotatable bonds is 2. The van der Waals surface area contributed by atoms with Crippen molar-refractivity contribution in [2.24, 2.45) is 5.92 Å². The minimum atomic E-state index is -0.245. The van der Waals surface area contributed by atoms with E-state index in [2.05, 4.69) is 18.2 Å². The average molecular weight is 288 g/mol. The predicted octanol–water partition coefficient (Wildman–Crippen LogP) is 4.82. The highest BCUT2D eigenvalue weighted by Crippen LogP contribution is 2.59. The fourth-order valence-corrected chi connectivity index (χ4v) is 3.30. The van der Waals surface area contributed by atoms with Gasteiger partial charge in [-0.05, 0) is 35.7 Å². The van der Waals surface area contributed by atoms with Crippen LogP contribution in [0.25, 0.3) is 0 Å². The van der Waals surface area contributed by atoms with Gasteiger partial charge in [-0.15, -0.1) is 0 Å². The van der Waals surface area contributed by atoms with Crippen molar-refractivity contribution in [3.05, 3.63) is 69.7 Å². The molecule has 1 fully saturated rings. The zero-order valence-corrected chi connectivity index (χ0v) is 11.6. The summed E-state index contributed by atoms with van der Waals surface area (Å²) in [5, 5.41) is 10.5. The second kappa shape index (κ2) is 4.56. The zero-order chi connectivity index (χ0) is 13.5. The Morgan fingerprint density at radius 3 is 2.16 bits per heavy atom. The fraction of sp³-hybridized carbons (Fsp3) is 0.188. The van der Waals surface area contributed by atoms with Crippen LogP contribution in [0.4, 0.5) is 0 Å². The van der Waals surface area contributed by atoms with Crippen LogP contribution in [0.3, 0.4) is 0 Å². The highest BCUT2D eigenvalue weighted by molar-refractivity contribution is 6.34. The Bertz CT molecular complexity index is 640. The lowest BCUT2D eigenvalue weighted by Crippen LogP contribution is -2.11. The molecule has 1 saturated carbocycles. The minimum Gasteiger partial charge on any atom is -0.198 e. The maximum atomic E-state index is 9.29. The molecule has 2 atom stereocenters. The van der Waals surface area contributed by atoms with Gasteiger partial charge in [0, 0.05) is 15.5 Å². The first kappa shape index (κ1) is 12.5. The topological polar surface area (TPSA) is 23.8 Å². The van der Waals surface area contributed by atoms with Gasteiger partial charge in [-0.25, -0.2) is 0 Å². The average Bonchev–Trinajstić information content (AvgIpc) is 3.14. The Morgan fingerprint density at radius 1 is 1.00 bits per heavy atom. The molecule has 0 heterocycles. The molecule has 0 saturated heterocycles. The third kappa shape index (κ3) is 2.02. The summed E-state index contributed by atoms with van der Waals surface area (Å²) in [6, 6.07) is 18.0. The maximum absolute atomic E-state index is 9.29. The van der Waals surface area contributed by atoms with Crippen LogP contribution in [-0.2, 0) is 5.41 Å². The predicted molar refractivity (Wildman–Crippen MR) is 77.4 cm³/mol. The van der Waals surface area contributed by atoms with Crippen LogP contribution < -0.4 is 0 Å². The summed E-state index contributed by atoms with van der Waals surface area (Å²) in [6.07, 6.45) is 0.824. The molecule has 0 aromatic heterocycles. The number of halogens is 2. The lowest BCUT2D eigenvalue weighted by Gasteiger charge is -2.17. The quantitative estimate of drug-likeness (QED) is 0.777. The van der Waals surface area contributed by atoms with Gasteiger partial charge in [-0.1, -0.05) is 53.5 Å². The van der Waals surface area contributed by atoms with Crippen molar-refractivity contribution in [1.29, 1.82) is 5.26 Å². The van der Waals surface area contributed by atoms with Crippen LogP contribution in [0.15, 0.2) is 48.5 Å². The number of hydrogen-bond acceptors (Lipinski definition) is 1. The van der Waals surface area contributed by atoms with Gasteiger partial charge in [-0.2, -0.15) is 5.26 Å². The van der Waals surface area contributed by atoms with Crippen molar-refractivity contribution in [2.45, 2.75) is 11.8 Å². The van der Waals surface area contributed by atoms with E-state index in [-0.39, 0.29) is 11.3 Å². The molecule has 1 aliphatic carbocycles. The van der Waals surface area contributed by atoms with E-state index in [4.69, 9.17) is 23.2 Å². The van der Waals surface area contributed by atoms with Gasteiger partial charge in [0.05, 0.1) is 12.0 Å². The summed E-state index contributed by atoms with van der Waals surface area (Å²) < 4.78 is 0. The van der Waals surface area contributed by atoms with Crippen molar-refractivity contribution in [1.82, 2.24) is 0 Å². The van der Waals surface area contributed by atoms with E-state index in [1.165, 1.54) is 0 Å². The number of benzene rings is 2. The first-order valence-electron chi connectivity index (χ1n) is 6.08. The van der Waals surface area contributed by atoms with E-state index in [9.17, 15) is 5.26 Å². The molecular weight excluding hydrogens is 277 g/mol. The van der Waals surface area contributed by atoms with Gasteiger partial charge in [0.15, 0.2) is 0 Å². The Labute approximate surface area is 122 Å². The third-order valence-corrected chi connectivity index (χ3v) is 4.22. The molecule has 0 bridgehead atoms. The van der Waals surface area contributed by atoms with Crippen LogP contribution >= 0.6 is 23.2 Å². The molecule has 0 radical (unpaired) electrons. The van der Waals surface area contributed by atoms with E-state index in [1.807, 2.05) is 30.3 Å². The highest BCUT2D eigenvalue weighted by atomic mass is 35.5. The lowest BCUT2D eigenvalue weighted by atomic mass is 9.86. The monoisotopic (exact) mass is 287 g/mol. The highest BCUT2D eigenvalue weighted by Gasteiger charge is 2.57. The van der Waals surface area contributed by atoms with Gasteiger partial charge >= 0.3 is 0 Å². The number of hydrogen-bond donors (Lipinski definition) is 0. The number of nitrogens with zero attached hydrogens (tertiary/aromatic N) is 1. The Hall–Kier alpha value is -1.49. The molecule has 3 rings (SSSR count). The van der Waals surface area contributed by atoms with E-state index in [0.717, 1.165) is 17.5 Å². The molecule has 2 aromatic carbocycles. The van der Waals surface area contributed by atoms with E-state index in [0.29, 0.717) is 10.0 Å². The van der Waals surface area contributed by atoms with E-state index in [1.54, 1.807) is 6.07 Å². The lowest BCUT2D eigenvalue weighted by molar-refractivity contribution is 0.796. The molecule has 1 aliphatic rings. The molecule has 2 unspecified atom stereocenters. The second-order valence-electron chi connectivity index (χ2n) is 4.88. The summed E-state index contributed by atoms with van der Waals surface area (Å²) in [4.78, 5) is 0. The molecule has 3 heteroatoms. The third-order valence-electron chi connectivity index (χ3n) is 3.78. The zero-order valence-electron chi connectivity index (χ0n) is 10.1. The fourth-order valence-electron chi connectivity index (χ4n) is 2.77. The standard InChI is InChI=1S/C16H11Cl2N/c17-14-6-12(7-15(18)8-14)16(9-13(16)10-19)11-4-2-1-3-5-11/h1-8,13H,9H2. The molecule has 0 N–H and O–H groups in total. The summed E-state index contributed by atoms with van der Waals surface area (Å²) in [5.41, 5.74) is 1.94. The van der Waals surface area contributed by atoms with Crippen LogP contribution in [0.1, 0.15) is 17.5 Å². The van der Waals surface area contributed by atoms with Gasteiger partial charge in [0.25, 0.3) is 0 Å². The van der Waals surface area contributed by atoms with E-state index < -0.39 is 0 Å². The first-order valence-corrected chi connectivity index (χ1v) is 6.84. The molecule has 94 valence electrons. The first-order chi connectivity index (χ1) is 9.16. The number of nitriles is 1. The summed E-state index contributed by atoms with van der Waals surface area (Å²) in [5.74, 6) is -0.00978. The molecule has 19 heavy (non-hydrogen) atoms. The molecule has 0 amide bonds. The largest absolute Gasteiger partial charge is 0.198 e. The summed E-state index contributed by atoms with van der Waals surface area (Å²) in [6.45, 7) is 0. The molecule has 1 nitrogen and oxygen atoms in total. The van der Waals surface area contributed by atoms with Crippen LogP contribution in [-0.4, -0.2) is 0 Å². The maximum Gasteiger partial charge on any atom is 0.0669 e. The van der Waals surface area contributed by atoms with Crippen molar-refractivity contribution < 1.29 is 0 Å². The van der Waals surface area contributed by atoms with Crippen LogP contribution in [0.2, 0.25) is 10.0 Å². The normalized spacial score (nSPS) is 24.8. The van der Waals surface area contributed by atoms with Crippen molar-refractivity contribution >= 4 is 23.2 Å². The Kier molecular flexibility index (Phi) is 3.01. The minimum absolute atomic E-state index is 0.00978. The second-order valence-corrected chi connectivity index (χ2v) is 5.75. The van der Waals surface area contributed by atoms with Gasteiger partial charge in [0.1, 0.15) is 0 Å². The van der Waals surface area contributed by atoms with Gasteiger partial charge in [0.2, 0.25) is 0 Å². The Morgan fingerprint density at radius 2 is 1.63 bits per heavy atom. The molecule has 2 aromatic rings. The van der Waals surface area contributed by atoms with Crippen LogP contribution in [0, 0.1) is 17.2 Å². The molecule has 0 spiro atoms. The van der Waals surface area contributed by atoms with Crippen molar-refractivity contribution in [2.75, 3.05) is 0 Å². The van der Waals surface area contributed by atoms with Crippen LogP contribution in [0.5, 0.6) is 0 Å². The summed E-state index contributed by atoms with van der Waals surface area (Å²) >= 11 is 12.2.